The van der Waals surface area contributed by atoms with Gasteiger partial charge in [0.15, 0.2) is 0 Å². The van der Waals surface area contributed by atoms with Crippen molar-refractivity contribution in [2.75, 3.05) is 26.1 Å². The van der Waals surface area contributed by atoms with Gasteiger partial charge in [-0.2, -0.15) is 13.2 Å². The van der Waals surface area contributed by atoms with Crippen LogP contribution in [-0.4, -0.2) is 37.2 Å². The summed E-state index contributed by atoms with van der Waals surface area (Å²) in [6.45, 7) is 0.341. The van der Waals surface area contributed by atoms with E-state index in [1.807, 2.05) is 0 Å². The Labute approximate surface area is 125 Å². The molecule has 0 aromatic heterocycles. The van der Waals surface area contributed by atoms with Crippen LogP contribution in [0.3, 0.4) is 0 Å². The molecule has 0 bridgehead atoms. The Morgan fingerprint density at radius 1 is 1.36 bits per heavy atom. The first-order valence-electron chi connectivity index (χ1n) is 6.59. The predicted molar refractivity (Wildman–Crippen MR) is 72.0 cm³/mol. The molecule has 1 aromatic rings. The number of rotatable bonds is 4. The molecule has 0 heterocycles. The Morgan fingerprint density at radius 2 is 2.00 bits per heavy atom. The monoisotopic (exact) mass is 320 g/mol. The molecular formula is C14H16F4N2O2. The standard InChI is InChI=1S/C14H16F4N2O2/c1-20(13(3-4-13)8-22-2)12(21)19-11-6-9(14(16,17)18)5-10(15)7-11/h5-7H,3-4,8H2,1-2H3,(H,19,21). The van der Waals surface area contributed by atoms with Gasteiger partial charge in [0.05, 0.1) is 17.7 Å². The van der Waals surface area contributed by atoms with Crippen LogP contribution in [0.1, 0.15) is 18.4 Å². The number of alkyl halides is 3. The third kappa shape index (κ3) is 3.49. The number of anilines is 1. The average Bonchev–Trinajstić information content (AvgIpc) is 3.17. The molecule has 0 aliphatic heterocycles. The summed E-state index contributed by atoms with van der Waals surface area (Å²) < 4.78 is 56.2. The molecule has 1 N–H and O–H groups in total. The molecule has 0 spiro atoms. The fraction of sp³-hybridized carbons (Fsp3) is 0.500. The molecular weight excluding hydrogens is 304 g/mol. The second-order valence-electron chi connectivity index (χ2n) is 5.37. The molecule has 22 heavy (non-hydrogen) atoms. The van der Waals surface area contributed by atoms with E-state index < -0.39 is 29.1 Å². The van der Waals surface area contributed by atoms with E-state index in [1.165, 1.54) is 19.1 Å². The second kappa shape index (κ2) is 5.75. The molecule has 2 amide bonds. The van der Waals surface area contributed by atoms with Crippen molar-refractivity contribution < 1.29 is 27.1 Å². The molecule has 2 rings (SSSR count). The van der Waals surface area contributed by atoms with Crippen LogP contribution < -0.4 is 5.32 Å². The first-order chi connectivity index (χ1) is 10.2. The van der Waals surface area contributed by atoms with Gasteiger partial charge in [-0.3, -0.25) is 0 Å². The summed E-state index contributed by atoms with van der Waals surface area (Å²) in [4.78, 5) is 13.5. The van der Waals surface area contributed by atoms with Gasteiger partial charge in [-0.1, -0.05) is 0 Å². The largest absolute Gasteiger partial charge is 0.416 e. The second-order valence-corrected chi connectivity index (χ2v) is 5.37. The van der Waals surface area contributed by atoms with Crippen molar-refractivity contribution in [2.45, 2.75) is 24.6 Å². The molecule has 1 aliphatic carbocycles. The fourth-order valence-corrected chi connectivity index (χ4v) is 2.24. The number of urea groups is 1. The van der Waals surface area contributed by atoms with Crippen LogP contribution in [0.2, 0.25) is 0 Å². The van der Waals surface area contributed by atoms with E-state index in [-0.39, 0.29) is 5.69 Å². The third-order valence-electron chi connectivity index (χ3n) is 3.73. The minimum absolute atomic E-state index is 0.239. The van der Waals surface area contributed by atoms with E-state index in [0.29, 0.717) is 18.7 Å². The van der Waals surface area contributed by atoms with E-state index in [9.17, 15) is 22.4 Å². The van der Waals surface area contributed by atoms with Crippen molar-refractivity contribution in [3.63, 3.8) is 0 Å². The van der Waals surface area contributed by atoms with Gasteiger partial charge in [0.25, 0.3) is 0 Å². The van der Waals surface area contributed by atoms with Crippen LogP contribution in [0.15, 0.2) is 18.2 Å². The van der Waals surface area contributed by atoms with E-state index in [1.54, 1.807) is 0 Å². The normalized spacial score (nSPS) is 16.3. The lowest BCUT2D eigenvalue weighted by atomic mass is 10.2. The quantitative estimate of drug-likeness (QED) is 0.863. The van der Waals surface area contributed by atoms with Crippen molar-refractivity contribution in [3.8, 4) is 0 Å². The zero-order chi connectivity index (χ0) is 16.5. The molecule has 0 unspecified atom stereocenters. The first-order valence-corrected chi connectivity index (χ1v) is 6.59. The van der Waals surface area contributed by atoms with Gasteiger partial charge in [0, 0.05) is 19.8 Å². The number of hydrogen-bond donors (Lipinski definition) is 1. The highest BCUT2D eigenvalue weighted by Gasteiger charge is 2.48. The minimum atomic E-state index is -4.68. The maximum atomic E-state index is 13.3. The van der Waals surface area contributed by atoms with Gasteiger partial charge >= 0.3 is 12.2 Å². The van der Waals surface area contributed by atoms with Crippen LogP contribution in [0, 0.1) is 5.82 Å². The number of benzene rings is 1. The Balaban J connectivity index is 2.13. The number of nitrogens with one attached hydrogen (secondary N) is 1. The lowest BCUT2D eigenvalue weighted by molar-refractivity contribution is -0.137. The molecule has 8 heteroatoms. The summed E-state index contributed by atoms with van der Waals surface area (Å²) in [5.74, 6) is -1.06. The molecule has 4 nitrogen and oxygen atoms in total. The third-order valence-corrected chi connectivity index (χ3v) is 3.73. The van der Waals surface area contributed by atoms with Crippen LogP contribution in [0.5, 0.6) is 0 Å². The van der Waals surface area contributed by atoms with E-state index in [0.717, 1.165) is 18.9 Å². The van der Waals surface area contributed by atoms with Crippen molar-refractivity contribution in [2.24, 2.45) is 0 Å². The number of methoxy groups -OCH3 is 1. The first kappa shape index (κ1) is 16.5. The lowest BCUT2D eigenvalue weighted by Crippen LogP contribution is -2.44. The van der Waals surface area contributed by atoms with Gasteiger partial charge in [0.1, 0.15) is 5.82 Å². The number of hydrogen-bond acceptors (Lipinski definition) is 2. The number of likely N-dealkylation sites (N-methyl/N-ethyl adjacent to an activating group) is 1. The summed E-state index contributed by atoms with van der Waals surface area (Å²) in [5, 5.41) is 2.29. The summed E-state index contributed by atoms with van der Waals surface area (Å²) in [6.07, 6.45) is -3.18. The zero-order valence-electron chi connectivity index (χ0n) is 12.1. The molecule has 0 atom stereocenters. The highest BCUT2D eigenvalue weighted by Crippen LogP contribution is 2.41. The number of amides is 2. The number of carbonyl (C=O) groups excluding carboxylic acids is 1. The maximum Gasteiger partial charge on any atom is 0.416 e. The molecule has 0 saturated heterocycles. The SMILES string of the molecule is COCC1(N(C)C(=O)Nc2cc(F)cc(C(F)(F)F)c2)CC1. The van der Waals surface area contributed by atoms with Crippen LogP contribution in [0.4, 0.5) is 28.0 Å². The average molecular weight is 320 g/mol. The molecule has 1 fully saturated rings. The Morgan fingerprint density at radius 3 is 2.50 bits per heavy atom. The van der Waals surface area contributed by atoms with Crippen molar-refractivity contribution in [1.29, 1.82) is 0 Å². The van der Waals surface area contributed by atoms with Crippen molar-refractivity contribution in [3.05, 3.63) is 29.6 Å². The number of halogens is 4. The van der Waals surface area contributed by atoms with Crippen LogP contribution >= 0.6 is 0 Å². The topological polar surface area (TPSA) is 41.6 Å². The van der Waals surface area contributed by atoms with E-state index in [2.05, 4.69) is 5.32 Å². The predicted octanol–water partition coefficient (Wildman–Crippen LogP) is 3.49. The Bertz CT molecular complexity index is 570. The van der Waals surface area contributed by atoms with Gasteiger partial charge in [-0.15, -0.1) is 0 Å². The number of carbonyl (C=O) groups is 1. The summed E-state index contributed by atoms with van der Waals surface area (Å²) in [5.41, 5.74) is -1.82. The van der Waals surface area contributed by atoms with Crippen LogP contribution in [-0.2, 0) is 10.9 Å². The van der Waals surface area contributed by atoms with Gasteiger partial charge < -0.3 is 15.0 Å². The van der Waals surface area contributed by atoms with Crippen molar-refractivity contribution >= 4 is 11.7 Å². The lowest BCUT2D eigenvalue weighted by Gasteiger charge is -2.27. The molecule has 122 valence electrons. The van der Waals surface area contributed by atoms with Crippen molar-refractivity contribution in [1.82, 2.24) is 4.90 Å². The summed E-state index contributed by atoms with van der Waals surface area (Å²) in [6, 6.07) is 1.32. The van der Waals surface area contributed by atoms with E-state index in [4.69, 9.17) is 4.74 Å². The summed E-state index contributed by atoms with van der Waals surface area (Å²) in [7, 11) is 3.04. The molecule has 1 saturated carbocycles. The molecule has 0 radical (unpaired) electrons. The fourth-order valence-electron chi connectivity index (χ4n) is 2.24. The Hall–Kier alpha value is -1.83. The summed E-state index contributed by atoms with van der Waals surface area (Å²) >= 11 is 0. The highest BCUT2D eigenvalue weighted by atomic mass is 19.4. The van der Waals surface area contributed by atoms with Crippen LogP contribution in [0.25, 0.3) is 0 Å². The van der Waals surface area contributed by atoms with Gasteiger partial charge in [-0.25, -0.2) is 9.18 Å². The highest BCUT2D eigenvalue weighted by molar-refractivity contribution is 5.90. The molecule has 1 aliphatic rings. The maximum absolute atomic E-state index is 13.3. The van der Waals surface area contributed by atoms with Gasteiger partial charge in [-0.05, 0) is 31.0 Å². The molecule has 1 aromatic carbocycles. The smallest absolute Gasteiger partial charge is 0.382 e. The number of nitrogens with zero attached hydrogens (tertiary/aromatic N) is 1. The number of ether oxygens (including phenoxy) is 1. The van der Waals surface area contributed by atoms with E-state index >= 15 is 0 Å². The minimum Gasteiger partial charge on any atom is -0.382 e. The Kier molecular flexibility index (Phi) is 4.32. The zero-order valence-corrected chi connectivity index (χ0v) is 12.1. The van der Waals surface area contributed by atoms with Gasteiger partial charge in [0.2, 0.25) is 0 Å².